The number of rotatable bonds is 4. The minimum Gasteiger partial charge on any atom is -0.325 e. The minimum atomic E-state index is -0.405. The first-order chi connectivity index (χ1) is 11.5. The van der Waals surface area contributed by atoms with E-state index < -0.39 is 5.82 Å². The first kappa shape index (κ1) is 16.4. The summed E-state index contributed by atoms with van der Waals surface area (Å²) in [5, 5.41) is 5.74. The van der Waals surface area contributed by atoms with E-state index in [4.69, 9.17) is 11.6 Å². The molecule has 1 heterocycles. The SMILES string of the molecule is O=C(CCl)Nc1ccc2nc(NC(=O)c3ccc(F)cc3)sc2c1. The molecule has 2 aromatic carbocycles. The second-order valence-corrected chi connectivity index (χ2v) is 6.14. The minimum absolute atomic E-state index is 0.125. The number of anilines is 2. The van der Waals surface area contributed by atoms with Gasteiger partial charge < -0.3 is 5.32 Å². The number of carbonyl (C=O) groups excluding carboxylic acids is 2. The Bertz CT molecular complexity index is 911. The Hall–Kier alpha value is -2.51. The number of carbonyl (C=O) groups is 2. The van der Waals surface area contributed by atoms with Crippen molar-refractivity contribution in [1.82, 2.24) is 4.98 Å². The highest BCUT2D eigenvalue weighted by atomic mass is 35.5. The molecule has 0 aliphatic carbocycles. The fraction of sp³-hybridized carbons (Fsp3) is 0.0625. The average Bonchev–Trinajstić information content (AvgIpc) is 2.96. The van der Waals surface area contributed by atoms with E-state index in [1.54, 1.807) is 18.2 Å². The van der Waals surface area contributed by atoms with Crippen molar-refractivity contribution in [1.29, 1.82) is 0 Å². The molecule has 0 atom stereocenters. The smallest absolute Gasteiger partial charge is 0.257 e. The van der Waals surface area contributed by atoms with E-state index in [0.29, 0.717) is 21.9 Å². The van der Waals surface area contributed by atoms with Crippen LogP contribution in [-0.2, 0) is 4.79 Å². The van der Waals surface area contributed by atoms with Gasteiger partial charge in [0.05, 0.1) is 10.2 Å². The standard InChI is InChI=1S/C16H11ClFN3O2S/c17-8-14(22)19-11-5-6-12-13(7-11)24-16(20-12)21-15(23)9-1-3-10(18)4-2-9/h1-7H,8H2,(H,19,22)(H,20,21,23). The molecule has 2 N–H and O–H groups in total. The summed E-state index contributed by atoms with van der Waals surface area (Å²) in [6, 6.07) is 10.4. The van der Waals surface area contributed by atoms with Crippen molar-refractivity contribution in [3.05, 3.63) is 53.8 Å². The molecule has 0 saturated heterocycles. The first-order valence-corrected chi connectivity index (χ1v) is 8.23. The van der Waals surface area contributed by atoms with Crippen LogP contribution in [0.1, 0.15) is 10.4 Å². The van der Waals surface area contributed by atoms with Gasteiger partial charge in [-0.2, -0.15) is 0 Å². The number of halogens is 2. The predicted molar refractivity (Wildman–Crippen MR) is 93.3 cm³/mol. The second-order valence-electron chi connectivity index (χ2n) is 4.84. The lowest BCUT2D eigenvalue weighted by Crippen LogP contribution is -2.12. The lowest BCUT2D eigenvalue weighted by Gasteiger charge is -2.01. The summed E-state index contributed by atoms with van der Waals surface area (Å²) < 4.78 is 13.7. The number of nitrogens with one attached hydrogen (secondary N) is 2. The van der Waals surface area contributed by atoms with Crippen molar-refractivity contribution >= 4 is 55.8 Å². The average molecular weight is 364 g/mol. The number of hydrogen-bond donors (Lipinski definition) is 2. The fourth-order valence-electron chi connectivity index (χ4n) is 2.02. The Balaban J connectivity index is 1.79. The maximum Gasteiger partial charge on any atom is 0.257 e. The molecule has 0 saturated carbocycles. The zero-order valence-corrected chi connectivity index (χ0v) is 13.7. The van der Waals surface area contributed by atoms with Crippen molar-refractivity contribution in [3.63, 3.8) is 0 Å². The normalized spacial score (nSPS) is 10.6. The van der Waals surface area contributed by atoms with E-state index in [9.17, 15) is 14.0 Å². The van der Waals surface area contributed by atoms with Gasteiger partial charge in [-0.1, -0.05) is 11.3 Å². The van der Waals surface area contributed by atoms with E-state index in [1.807, 2.05) is 0 Å². The van der Waals surface area contributed by atoms with Crippen molar-refractivity contribution in [2.75, 3.05) is 16.5 Å². The molecule has 0 unspecified atom stereocenters. The van der Waals surface area contributed by atoms with Crippen LogP contribution in [0.25, 0.3) is 10.2 Å². The first-order valence-electron chi connectivity index (χ1n) is 6.88. The van der Waals surface area contributed by atoms with E-state index in [-0.39, 0.29) is 17.7 Å². The summed E-state index contributed by atoms with van der Waals surface area (Å²) >= 11 is 6.73. The molecule has 0 fully saturated rings. The van der Waals surface area contributed by atoms with Crippen LogP contribution < -0.4 is 10.6 Å². The summed E-state index contributed by atoms with van der Waals surface area (Å²) in [7, 11) is 0. The van der Waals surface area contributed by atoms with Crippen LogP contribution in [0.2, 0.25) is 0 Å². The molecule has 24 heavy (non-hydrogen) atoms. The molecular formula is C16H11ClFN3O2S. The summed E-state index contributed by atoms with van der Waals surface area (Å²) in [6.45, 7) is 0. The number of benzene rings is 2. The van der Waals surface area contributed by atoms with Gasteiger partial charge in [0.25, 0.3) is 5.91 Å². The molecule has 122 valence electrons. The Labute approximate surface area is 145 Å². The number of nitrogens with zero attached hydrogens (tertiary/aromatic N) is 1. The predicted octanol–water partition coefficient (Wildman–Crippen LogP) is 3.87. The monoisotopic (exact) mass is 363 g/mol. The third-order valence-corrected chi connectivity index (χ3v) is 4.30. The molecule has 3 rings (SSSR count). The summed E-state index contributed by atoms with van der Waals surface area (Å²) in [4.78, 5) is 27.7. The number of hydrogen-bond acceptors (Lipinski definition) is 4. The van der Waals surface area contributed by atoms with Gasteiger partial charge in [-0.25, -0.2) is 9.37 Å². The molecule has 0 aliphatic rings. The van der Waals surface area contributed by atoms with E-state index in [2.05, 4.69) is 15.6 Å². The fourth-order valence-corrected chi connectivity index (χ4v) is 2.99. The maximum absolute atomic E-state index is 12.9. The van der Waals surface area contributed by atoms with Crippen LogP contribution in [0.3, 0.4) is 0 Å². The number of fused-ring (bicyclic) bond motifs is 1. The van der Waals surface area contributed by atoms with Crippen LogP contribution in [0.15, 0.2) is 42.5 Å². The highest BCUT2D eigenvalue weighted by Gasteiger charge is 2.11. The topological polar surface area (TPSA) is 71.1 Å². The molecular weight excluding hydrogens is 353 g/mol. The number of thiazole rings is 1. The molecule has 3 aromatic rings. The van der Waals surface area contributed by atoms with Crippen LogP contribution >= 0.6 is 22.9 Å². The lowest BCUT2D eigenvalue weighted by atomic mass is 10.2. The summed E-state index contributed by atoms with van der Waals surface area (Å²) in [5.41, 5.74) is 1.64. The van der Waals surface area contributed by atoms with E-state index >= 15 is 0 Å². The third-order valence-electron chi connectivity index (χ3n) is 3.12. The van der Waals surface area contributed by atoms with Crippen molar-refractivity contribution in [3.8, 4) is 0 Å². The Morgan fingerprint density at radius 2 is 1.88 bits per heavy atom. The maximum atomic E-state index is 12.9. The van der Waals surface area contributed by atoms with Gasteiger partial charge in [-0.15, -0.1) is 11.6 Å². The van der Waals surface area contributed by atoms with Gasteiger partial charge in [0, 0.05) is 11.3 Å². The molecule has 2 amide bonds. The van der Waals surface area contributed by atoms with Crippen LogP contribution in [0.5, 0.6) is 0 Å². The van der Waals surface area contributed by atoms with Gasteiger partial charge in [0.2, 0.25) is 5.91 Å². The Morgan fingerprint density at radius 3 is 2.58 bits per heavy atom. The largest absolute Gasteiger partial charge is 0.325 e. The molecule has 0 radical (unpaired) electrons. The Kier molecular flexibility index (Phi) is 4.73. The van der Waals surface area contributed by atoms with Gasteiger partial charge in [0.15, 0.2) is 5.13 Å². The third kappa shape index (κ3) is 3.69. The summed E-state index contributed by atoms with van der Waals surface area (Å²) in [5.74, 6) is -1.20. The highest BCUT2D eigenvalue weighted by Crippen LogP contribution is 2.28. The van der Waals surface area contributed by atoms with Gasteiger partial charge in [0.1, 0.15) is 11.7 Å². The second kappa shape index (κ2) is 6.94. The molecule has 0 spiro atoms. The molecule has 1 aromatic heterocycles. The van der Waals surface area contributed by atoms with Crippen molar-refractivity contribution in [2.24, 2.45) is 0 Å². The number of alkyl halides is 1. The number of aromatic nitrogens is 1. The van der Waals surface area contributed by atoms with Crippen LogP contribution in [-0.4, -0.2) is 22.7 Å². The molecule has 8 heteroatoms. The van der Waals surface area contributed by atoms with Gasteiger partial charge in [-0.05, 0) is 42.5 Å². The quantitative estimate of drug-likeness (QED) is 0.691. The lowest BCUT2D eigenvalue weighted by molar-refractivity contribution is -0.113. The highest BCUT2D eigenvalue weighted by molar-refractivity contribution is 7.22. The van der Waals surface area contributed by atoms with E-state index in [0.717, 1.165) is 4.70 Å². The molecule has 0 aliphatic heterocycles. The van der Waals surface area contributed by atoms with Crippen molar-refractivity contribution < 1.29 is 14.0 Å². The number of amides is 2. The van der Waals surface area contributed by atoms with Crippen LogP contribution in [0, 0.1) is 5.82 Å². The molecule has 0 bridgehead atoms. The van der Waals surface area contributed by atoms with Crippen LogP contribution in [0.4, 0.5) is 15.2 Å². The van der Waals surface area contributed by atoms with E-state index in [1.165, 1.54) is 35.6 Å². The summed E-state index contributed by atoms with van der Waals surface area (Å²) in [6.07, 6.45) is 0. The van der Waals surface area contributed by atoms with Gasteiger partial charge in [-0.3, -0.25) is 14.9 Å². The van der Waals surface area contributed by atoms with Gasteiger partial charge >= 0.3 is 0 Å². The zero-order chi connectivity index (χ0) is 17.1. The van der Waals surface area contributed by atoms with Crippen molar-refractivity contribution in [2.45, 2.75) is 0 Å². The molecule has 5 nitrogen and oxygen atoms in total. The Morgan fingerprint density at radius 1 is 1.12 bits per heavy atom. The zero-order valence-electron chi connectivity index (χ0n) is 12.2.